The van der Waals surface area contributed by atoms with Gasteiger partial charge in [0.05, 0.1) is 17.9 Å². The average Bonchev–Trinajstić information content (AvgIpc) is 3.07. The Kier molecular flexibility index (Phi) is 3.49. The smallest absolute Gasteiger partial charge is 0.266 e. The molecule has 2 atom stereocenters. The van der Waals surface area contributed by atoms with Gasteiger partial charge < -0.3 is 9.64 Å². The minimum absolute atomic E-state index is 0.00694. The van der Waals surface area contributed by atoms with Crippen LogP contribution in [0.5, 0.6) is 0 Å². The first kappa shape index (κ1) is 13.2. The van der Waals surface area contributed by atoms with Crippen LogP contribution in [0.4, 0.5) is 0 Å². The highest BCUT2D eigenvalue weighted by Gasteiger charge is 2.28. The van der Waals surface area contributed by atoms with Crippen LogP contribution in [-0.2, 0) is 4.74 Å². The Bertz CT molecular complexity index is 587. The molecule has 20 heavy (non-hydrogen) atoms. The molecule has 0 N–H and O–H groups in total. The predicted octanol–water partition coefficient (Wildman–Crippen LogP) is 0.973. The zero-order valence-electron chi connectivity index (χ0n) is 11.3. The fourth-order valence-electron chi connectivity index (χ4n) is 2.40. The summed E-state index contributed by atoms with van der Waals surface area (Å²) in [5.41, 5.74) is 0.719. The normalized spacial score (nSPS) is 23.0. The summed E-state index contributed by atoms with van der Waals surface area (Å²) in [4.78, 5) is 15.2. The molecule has 2 aromatic heterocycles. The van der Waals surface area contributed by atoms with E-state index < -0.39 is 0 Å². The summed E-state index contributed by atoms with van der Waals surface area (Å²) in [7, 11) is 0. The molecule has 0 radical (unpaired) electrons. The maximum absolute atomic E-state index is 12.7. The van der Waals surface area contributed by atoms with E-state index in [9.17, 15) is 4.79 Å². The number of rotatable bonds is 2. The lowest BCUT2D eigenvalue weighted by molar-refractivity contribution is -0.0585. The molecule has 3 rings (SSSR count). The zero-order chi connectivity index (χ0) is 14.1. The molecule has 0 saturated carbocycles. The average molecular weight is 293 g/mol. The van der Waals surface area contributed by atoms with Crippen LogP contribution >= 0.6 is 11.3 Å². The van der Waals surface area contributed by atoms with Crippen molar-refractivity contribution in [1.82, 2.24) is 25.1 Å². The lowest BCUT2D eigenvalue weighted by Gasteiger charge is -2.35. The molecule has 7 nitrogen and oxygen atoms in total. The number of carbonyl (C=O) groups excluding carboxylic acids is 1. The lowest BCUT2D eigenvalue weighted by atomic mass is 10.2. The summed E-state index contributed by atoms with van der Waals surface area (Å²) < 4.78 is 7.17. The Labute approximate surface area is 120 Å². The molecule has 0 aliphatic carbocycles. The van der Waals surface area contributed by atoms with Crippen LogP contribution < -0.4 is 0 Å². The van der Waals surface area contributed by atoms with Crippen molar-refractivity contribution in [3.05, 3.63) is 22.7 Å². The molecule has 0 unspecified atom stereocenters. The zero-order valence-corrected chi connectivity index (χ0v) is 12.1. The van der Waals surface area contributed by atoms with Crippen molar-refractivity contribution in [1.29, 1.82) is 0 Å². The predicted molar refractivity (Wildman–Crippen MR) is 72.9 cm³/mol. The molecular weight excluding hydrogens is 278 g/mol. The Morgan fingerprint density at radius 3 is 2.80 bits per heavy atom. The summed E-state index contributed by atoms with van der Waals surface area (Å²) in [5, 5.41) is 12.9. The van der Waals surface area contributed by atoms with Crippen molar-refractivity contribution >= 4 is 17.2 Å². The highest BCUT2D eigenvalue weighted by Crippen LogP contribution is 2.23. The summed E-state index contributed by atoms with van der Waals surface area (Å²) in [6.45, 7) is 5.17. The van der Waals surface area contributed by atoms with E-state index in [2.05, 4.69) is 15.5 Å². The number of nitrogens with zero attached hydrogens (tertiary/aromatic N) is 5. The van der Waals surface area contributed by atoms with Crippen LogP contribution in [0.1, 0.15) is 23.5 Å². The third kappa shape index (κ3) is 2.44. The third-order valence-electron chi connectivity index (χ3n) is 3.14. The lowest BCUT2D eigenvalue weighted by Crippen LogP contribution is -2.48. The third-order valence-corrected chi connectivity index (χ3v) is 4.03. The first-order chi connectivity index (χ1) is 9.65. The van der Waals surface area contributed by atoms with E-state index in [1.165, 1.54) is 22.3 Å². The second-order valence-electron chi connectivity index (χ2n) is 4.86. The number of hydrogen-bond donors (Lipinski definition) is 0. The molecule has 1 fully saturated rings. The van der Waals surface area contributed by atoms with Gasteiger partial charge in [-0.05, 0) is 35.7 Å². The van der Waals surface area contributed by atoms with Crippen LogP contribution in [0, 0.1) is 0 Å². The van der Waals surface area contributed by atoms with Gasteiger partial charge in [-0.3, -0.25) is 4.79 Å². The van der Waals surface area contributed by atoms with Crippen molar-refractivity contribution < 1.29 is 9.53 Å². The monoisotopic (exact) mass is 293 g/mol. The van der Waals surface area contributed by atoms with Gasteiger partial charge in [-0.15, -0.1) is 16.4 Å². The molecule has 1 saturated heterocycles. The summed E-state index contributed by atoms with van der Waals surface area (Å²) in [5.74, 6) is 0.00694. The van der Waals surface area contributed by atoms with Gasteiger partial charge in [0.2, 0.25) is 0 Å². The number of amides is 1. The van der Waals surface area contributed by atoms with Crippen LogP contribution in [-0.4, -0.2) is 56.3 Å². The highest BCUT2D eigenvalue weighted by atomic mass is 32.1. The van der Waals surface area contributed by atoms with Gasteiger partial charge in [-0.25, -0.2) is 0 Å². The number of ether oxygens (including phenoxy) is 1. The maximum atomic E-state index is 12.7. The van der Waals surface area contributed by atoms with Crippen molar-refractivity contribution in [2.75, 3.05) is 13.1 Å². The molecule has 0 aromatic carbocycles. The highest BCUT2D eigenvalue weighted by molar-refractivity contribution is 7.12. The van der Waals surface area contributed by atoms with Gasteiger partial charge in [0.15, 0.2) is 0 Å². The van der Waals surface area contributed by atoms with Gasteiger partial charge in [0.25, 0.3) is 5.91 Å². The molecule has 106 valence electrons. The number of hydrogen-bond acceptors (Lipinski definition) is 6. The standard InChI is InChI=1S/C12H15N5O2S/c1-8-5-16(6-9(2)19-8)12(18)11-10(3-4-20-11)17-7-13-14-15-17/h3-4,7-9H,5-6H2,1-2H3/t8-,9-/m1/s1. The second kappa shape index (κ2) is 5.29. The van der Waals surface area contributed by atoms with E-state index in [0.29, 0.717) is 18.0 Å². The van der Waals surface area contributed by atoms with E-state index in [1.807, 2.05) is 30.2 Å². The van der Waals surface area contributed by atoms with E-state index in [0.717, 1.165) is 5.69 Å². The summed E-state index contributed by atoms with van der Waals surface area (Å²) >= 11 is 1.40. The minimum atomic E-state index is 0.00694. The van der Waals surface area contributed by atoms with E-state index in [-0.39, 0.29) is 18.1 Å². The van der Waals surface area contributed by atoms with Gasteiger partial charge in [0, 0.05) is 13.1 Å². The van der Waals surface area contributed by atoms with Crippen molar-refractivity contribution in [3.8, 4) is 5.69 Å². The van der Waals surface area contributed by atoms with E-state index in [1.54, 1.807) is 0 Å². The summed E-state index contributed by atoms with van der Waals surface area (Å²) in [6.07, 6.45) is 1.60. The van der Waals surface area contributed by atoms with Crippen molar-refractivity contribution in [2.45, 2.75) is 26.1 Å². The van der Waals surface area contributed by atoms with Crippen LogP contribution in [0.25, 0.3) is 5.69 Å². The quantitative estimate of drug-likeness (QED) is 0.825. The Balaban J connectivity index is 1.86. The maximum Gasteiger partial charge on any atom is 0.266 e. The number of morpholine rings is 1. The largest absolute Gasteiger partial charge is 0.372 e. The van der Waals surface area contributed by atoms with Crippen LogP contribution in [0.3, 0.4) is 0 Å². The Morgan fingerprint density at radius 1 is 1.40 bits per heavy atom. The molecule has 1 aliphatic heterocycles. The van der Waals surface area contributed by atoms with Crippen molar-refractivity contribution in [2.24, 2.45) is 0 Å². The minimum Gasteiger partial charge on any atom is -0.372 e. The first-order valence-corrected chi connectivity index (χ1v) is 7.28. The number of tetrazole rings is 1. The summed E-state index contributed by atoms with van der Waals surface area (Å²) in [6, 6.07) is 1.85. The van der Waals surface area contributed by atoms with Gasteiger partial charge >= 0.3 is 0 Å². The van der Waals surface area contributed by atoms with Crippen LogP contribution in [0.2, 0.25) is 0 Å². The van der Waals surface area contributed by atoms with Crippen LogP contribution in [0.15, 0.2) is 17.8 Å². The molecule has 0 spiro atoms. The molecular formula is C12H15N5O2S. The molecule has 1 amide bonds. The van der Waals surface area contributed by atoms with Gasteiger partial charge in [-0.1, -0.05) is 0 Å². The number of aromatic nitrogens is 4. The fourth-order valence-corrected chi connectivity index (χ4v) is 3.25. The second-order valence-corrected chi connectivity index (χ2v) is 5.77. The molecule has 1 aliphatic rings. The van der Waals surface area contributed by atoms with E-state index in [4.69, 9.17) is 4.74 Å². The van der Waals surface area contributed by atoms with Gasteiger partial charge in [-0.2, -0.15) is 4.68 Å². The Morgan fingerprint density at radius 2 is 2.15 bits per heavy atom. The fraction of sp³-hybridized carbons (Fsp3) is 0.500. The van der Waals surface area contributed by atoms with E-state index >= 15 is 0 Å². The number of thiophene rings is 1. The van der Waals surface area contributed by atoms with Gasteiger partial charge in [0.1, 0.15) is 11.2 Å². The molecule has 2 aromatic rings. The molecule has 0 bridgehead atoms. The topological polar surface area (TPSA) is 73.1 Å². The van der Waals surface area contributed by atoms with Crippen molar-refractivity contribution in [3.63, 3.8) is 0 Å². The molecule has 3 heterocycles. The SMILES string of the molecule is C[C@@H]1CN(C(=O)c2sccc2-n2cnnn2)C[C@@H](C)O1. The molecule has 8 heteroatoms. The number of carbonyl (C=O) groups is 1. The first-order valence-electron chi connectivity index (χ1n) is 6.40. The Hall–Kier alpha value is -1.80.